The Hall–Kier alpha value is -2.24. The van der Waals surface area contributed by atoms with Gasteiger partial charge in [-0.05, 0) is 37.6 Å². The van der Waals surface area contributed by atoms with Crippen LogP contribution in [-0.2, 0) is 12.3 Å². The maximum atomic E-state index is 6.04. The number of nitrogens with zero attached hydrogens (tertiary/aromatic N) is 3. The Bertz CT molecular complexity index is 908. The van der Waals surface area contributed by atoms with Gasteiger partial charge in [0.05, 0.1) is 0 Å². The first-order valence-electron chi connectivity index (χ1n) is 8.71. The van der Waals surface area contributed by atoms with Gasteiger partial charge in [-0.3, -0.25) is 4.57 Å². The minimum atomic E-state index is -0.260. The summed E-state index contributed by atoms with van der Waals surface area (Å²) in [7, 11) is 0. The van der Waals surface area contributed by atoms with Crippen LogP contribution in [0, 0.1) is 6.92 Å². The van der Waals surface area contributed by atoms with Crippen molar-refractivity contribution in [3.05, 3.63) is 83.2 Å². The van der Waals surface area contributed by atoms with Crippen LogP contribution in [0.4, 0.5) is 0 Å². The molecule has 0 saturated carbocycles. The van der Waals surface area contributed by atoms with Crippen LogP contribution in [0.15, 0.2) is 66.3 Å². The van der Waals surface area contributed by atoms with Crippen LogP contribution in [0.5, 0.6) is 5.75 Å². The minimum Gasteiger partial charge on any atom is -0.483 e. The van der Waals surface area contributed by atoms with Crippen molar-refractivity contribution < 1.29 is 4.74 Å². The SMILES string of the molecule is C=CCn1c(SCc2ccc(C)cc2)nnc1C(C)Oc1cccc(Cl)c1. The number of aromatic nitrogens is 3. The van der Waals surface area contributed by atoms with Gasteiger partial charge in [0.2, 0.25) is 0 Å². The minimum absolute atomic E-state index is 0.260. The van der Waals surface area contributed by atoms with E-state index in [-0.39, 0.29) is 6.10 Å². The fourth-order valence-corrected chi connectivity index (χ4v) is 3.73. The molecule has 3 rings (SSSR count). The van der Waals surface area contributed by atoms with Crippen LogP contribution in [0.3, 0.4) is 0 Å². The molecule has 1 aromatic heterocycles. The Labute approximate surface area is 169 Å². The summed E-state index contributed by atoms with van der Waals surface area (Å²) in [5.41, 5.74) is 2.51. The van der Waals surface area contributed by atoms with Crippen LogP contribution in [0.1, 0.15) is 30.0 Å². The molecule has 0 fully saturated rings. The number of ether oxygens (including phenoxy) is 1. The van der Waals surface area contributed by atoms with Crippen molar-refractivity contribution in [3.63, 3.8) is 0 Å². The second-order valence-electron chi connectivity index (χ2n) is 6.23. The van der Waals surface area contributed by atoms with Gasteiger partial charge in [-0.15, -0.1) is 16.8 Å². The molecule has 0 radical (unpaired) electrons. The predicted octanol–water partition coefficient (Wildman–Crippen LogP) is 5.86. The molecule has 27 heavy (non-hydrogen) atoms. The molecule has 1 heterocycles. The lowest BCUT2D eigenvalue weighted by atomic mass is 10.2. The number of aryl methyl sites for hydroxylation is 1. The second kappa shape index (κ2) is 9.11. The largest absolute Gasteiger partial charge is 0.483 e. The summed E-state index contributed by atoms with van der Waals surface area (Å²) in [5.74, 6) is 2.30. The molecular formula is C21H22ClN3OS. The highest BCUT2D eigenvalue weighted by Crippen LogP contribution is 2.27. The number of rotatable bonds is 8. The van der Waals surface area contributed by atoms with Crippen molar-refractivity contribution in [1.29, 1.82) is 0 Å². The highest BCUT2D eigenvalue weighted by molar-refractivity contribution is 7.98. The molecule has 0 bridgehead atoms. The van der Waals surface area contributed by atoms with E-state index in [1.807, 2.05) is 35.8 Å². The summed E-state index contributed by atoms with van der Waals surface area (Å²) in [6, 6.07) is 15.9. The van der Waals surface area contributed by atoms with Crippen LogP contribution in [0.2, 0.25) is 5.02 Å². The van der Waals surface area contributed by atoms with Gasteiger partial charge in [-0.1, -0.05) is 65.3 Å². The number of halogens is 1. The maximum Gasteiger partial charge on any atom is 0.191 e. The van der Waals surface area contributed by atoms with E-state index in [1.54, 1.807) is 17.8 Å². The van der Waals surface area contributed by atoms with E-state index in [4.69, 9.17) is 16.3 Å². The fourth-order valence-electron chi connectivity index (χ4n) is 2.64. The first-order chi connectivity index (χ1) is 13.1. The highest BCUT2D eigenvalue weighted by Gasteiger charge is 2.19. The van der Waals surface area contributed by atoms with Crippen molar-refractivity contribution in [1.82, 2.24) is 14.8 Å². The van der Waals surface area contributed by atoms with Crippen molar-refractivity contribution in [3.8, 4) is 5.75 Å². The van der Waals surface area contributed by atoms with Gasteiger partial charge in [0.15, 0.2) is 17.1 Å². The lowest BCUT2D eigenvalue weighted by Gasteiger charge is -2.16. The number of thioether (sulfide) groups is 1. The topological polar surface area (TPSA) is 39.9 Å². The summed E-state index contributed by atoms with van der Waals surface area (Å²) in [4.78, 5) is 0. The maximum absolute atomic E-state index is 6.04. The van der Waals surface area contributed by atoms with E-state index in [1.165, 1.54) is 11.1 Å². The monoisotopic (exact) mass is 399 g/mol. The lowest BCUT2D eigenvalue weighted by Crippen LogP contribution is -2.12. The molecule has 1 atom stereocenters. The zero-order valence-electron chi connectivity index (χ0n) is 15.4. The normalized spacial score (nSPS) is 12.0. The van der Waals surface area contributed by atoms with E-state index in [0.29, 0.717) is 17.3 Å². The van der Waals surface area contributed by atoms with Gasteiger partial charge in [0.25, 0.3) is 0 Å². The van der Waals surface area contributed by atoms with E-state index in [2.05, 4.69) is 48.0 Å². The fraction of sp³-hybridized carbons (Fsp3) is 0.238. The Kier molecular flexibility index (Phi) is 6.58. The third-order valence-corrected chi connectivity index (χ3v) is 5.29. The number of hydrogen-bond donors (Lipinski definition) is 0. The summed E-state index contributed by atoms with van der Waals surface area (Å²) < 4.78 is 8.05. The molecule has 0 aliphatic carbocycles. The molecular weight excluding hydrogens is 378 g/mol. The van der Waals surface area contributed by atoms with E-state index in [9.17, 15) is 0 Å². The summed E-state index contributed by atoms with van der Waals surface area (Å²) in [6.07, 6.45) is 1.58. The standard InChI is InChI=1S/C21H22ClN3OS/c1-4-12-25-20(16(3)26-19-7-5-6-18(22)13-19)23-24-21(25)27-14-17-10-8-15(2)9-11-17/h4-11,13,16H,1,12,14H2,2-3H3. The van der Waals surface area contributed by atoms with Gasteiger partial charge < -0.3 is 4.74 Å². The highest BCUT2D eigenvalue weighted by atomic mass is 35.5. The predicted molar refractivity (Wildman–Crippen MR) is 111 cm³/mol. The molecule has 140 valence electrons. The molecule has 4 nitrogen and oxygen atoms in total. The molecule has 0 amide bonds. The smallest absolute Gasteiger partial charge is 0.191 e. The van der Waals surface area contributed by atoms with Crippen LogP contribution < -0.4 is 4.74 Å². The Balaban J connectivity index is 1.75. The van der Waals surface area contributed by atoms with Crippen LogP contribution in [0.25, 0.3) is 0 Å². The summed E-state index contributed by atoms with van der Waals surface area (Å²) in [6.45, 7) is 8.53. The number of hydrogen-bond acceptors (Lipinski definition) is 4. The van der Waals surface area contributed by atoms with Crippen molar-refractivity contribution in [2.24, 2.45) is 0 Å². The quantitative estimate of drug-likeness (QED) is 0.351. The zero-order chi connectivity index (χ0) is 19.2. The van der Waals surface area contributed by atoms with Crippen molar-refractivity contribution in [2.75, 3.05) is 0 Å². The molecule has 2 aromatic carbocycles. The molecule has 0 aliphatic heterocycles. The van der Waals surface area contributed by atoms with E-state index < -0.39 is 0 Å². The third kappa shape index (κ3) is 5.15. The first kappa shape index (κ1) is 19.5. The third-order valence-electron chi connectivity index (χ3n) is 4.02. The molecule has 1 unspecified atom stereocenters. The van der Waals surface area contributed by atoms with Crippen LogP contribution >= 0.6 is 23.4 Å². The van der Waals surface area contributed by atoms with Gasteiger partial charge in [-0.2, -0.15) is 0 Å². The van der Waals surface area contributed by atoms with E-state index >= 15 is 0 Å². The van der Waals surface area contributed by atoms with Gasteiger partial charge in [0.1, 0.15) is 5.75 Å². The first-order valence-corrected chi connectivity index (χ1v) is 10.1. The number of benzene rings is 2. The summed E-state index contributed by atoms with van der Waals surface area (Å²) >= 11 is 7.70. The molecule has 6 heteroatoms. The zero-order valence-corrected chi connectivity index (χ0v) is 17.0. The second-order valence-corrected chi connectivity index (χ2v) is 7.61. The van der Waals surface area contributed by atoms with Gasteiger partial charge in [0, 0.05) is 17.3 Å². The average Bonchev–Trinajstić information content (AvgIpc) is 3.04. The van der Waals surface area contributed by atoms with Crippen LogP contribution in [-0.4, -0.2) is 14.8 Å². The van der Waals surface area contributed by atoms with Gasteiger partial charge in [-0.25, -0.2) is 0 Å². The van der Waals surface area contributed by atoms with Crippen molar-refractivity contribution in [2.45, 2.75) is 37.4 Å². The molecule has 0 N–H and O–H groups in total. The number of allylic oxidation sites excluding steroid dienone is 1. The summed E-state index contributed by atoms with van der Waals surface area (Å²) in [5, 5.41) is 10.2. The molecule has 0 aliphatic rings. The molecule has 3 aromatic rings. The van der Waals surface area contributed by atoms with E-state index in [0.717, 1.165) is 16.7 Å². The lowest BCUT2D eigenvalue weighted by molar-refractivity contribution is 0.210. The molecule has 0 saturated heterocycles. The Morgan fingerprint density at radius 3 is 2.70 bits per heavy atom. The molecule has 0 spiro atoms. The Morgan fingerprint density at radius 1 is 1.22 bits per heavy atom. The Morgan fingerprint density at radius 2 is 2.00 bits per heavy atom. The van der Waals surface area contributed by atoms with Crippen molar-refractivity contribution >= 4 is 23.4 Å². The average molecular weight is 400 g/mol. The van der Waals surface area contributed by atoms with Gasteiger partial charge >= 0.3 is 0 Å².